The topological polar surface area (TPSA) is 87.5 Å². The van der Waals surface area contributed by atoms with E-state index in [-0.39, 0.29) is 11.6 Å². The number of hydrogen-bond acceptors (Lipinski definition) is 5. The Morgan fingerprint density at radius 3 is 2.70 bits per heavy atom. The van der Waals surface area contributed by atoms with E-state index in [2.05, 4.69) is 36.4 Å². The summed E-state index contributed by atoms with van der Waals surface area (Å²) in [5, 5.41) is 15.7. The average Bonchev–Trinajstić information content (AvgIpc) is 2.57. The second-order valence-electron chi connectivity index (χ2n) is 4.64. The monoisotopic (exact) mass is 370 g/mol. The van der Waals surface area contributed by atoms with Crippen LogP contribution in [0.1, 0.15) is 16.2 Å². The zero-order valence-electron chi connectivity index (χ0n) is 11.8. The summed E-state index contributed by atoms with van der Waals surface area (Å²) in [6, 6.07) is 11.0. The quantitative estimate of drug-likeness (QED) is 0.548. The largest absolute Gasteiger partial charge is 0.507 e. The molecule has 0 spiro atoms. The number of nitrogens with zero attached hydrogens (tertiary/aromatic N) is 3. The standard InChI is InChI=1S/C16H11BrN4O2/c17-11-7-18-15(19-8-11)16(23)21-20-9-13-12-4-2-1-3-10(12)5-6-14(13)22/h1-9,22H,(H,21,23)/b20-9+. The first-order valence-electron chi connectivity index (χ1n) is 6.67. The summed E-state index contributed by atoms with van der Waals surface area (Å²) in [6.45, 7) is 0. The summed E-state index contributed by atoms with van der Waals surface area (Å²) in [6.07, 6.45) is 4.35. The van der Waals surface area contributed by atoms with Crippen molar-refractivity contribution in [3.8, 4) is 5.75 Å². The van der Waals surface area contributed by atoms with Crippen LogP contribution in [0.3, 0.4) is 0 Å². The highest BCUT2D eigenvalue weighted by Crippen LogP contribution is 2.25. The number of hydrazone groups is 1. The van der Waals surface area contributed by atoms with Gasteiger partial charge in [-0.15, -0.1) is 0 Å². The molecule has 2 aromatic carbocycles. The zero-order valence-corrected chi connectivity index (χ0v) is 13.4. The van der Waals surface area contributed by atoms with Crippen molar-refractivity contribution in [3.05, 3.63) is 64.7 Å². The van der Waals surface area contributed by atoms with Gasteiger partial charge >= 0.3 is 5.91 Å². The molecule has 0 unspecified atom stereocenters. The fraction of sp³-hybridized carbons (Fsp3) is 0. The van der Waals surface area contributed by atoms with Crippen molar-refractivity contribution >= 4 is 38.8 Å². The minimum absolute atomic E-state index is 0.00694. The van der Waals surface area contributed by atoms with Gasteiger partial charge in [0.1, 0.15) is 5.75 Å². The zero-order chi connectivity index (χ0) is 16.2. The van der Waals surface area contributed by atoms with Gasteiger partial charge in [-0.1, -0.05) is 30.3 Å². The predicted octanol–water partition coefficient (Wildman–Crippen LogP) is 2.86. The van der Waals surface area contributed by atoms with Crippen LogP contribution in [-0.4, -0.2) is 27.2 Å². The van der Waals surface area contributed by atoms with Crippen LogP contribution >= 0.6 is 15.9 Å². The normalized spacial score (nSPS) is 11.0. The van der Waals surface area contributed by atoms with Crippen molar-refractivity contribution < 1.29 is 9.90 Å². The minimum atomic E-state index is -0.534. The summed E-state index contributed by atoms with van der Waals surface area (Å²) in [5.74, 6) is -0.442. The first-order valence-corrected chi connectivity index (χ1v) is 7.46. The molecule has 0 aliphatic carbocycles. The van der Waals surface area contributed by atoms with Crippen LogP contribution in [0.4, 0.5) is 0 Å². The van der Waals surface area contributed by atoms with Gasteiger partial charge in [0, 0.05) is 18.0 Å². The number of phenolic OH excluding ortho intramolecular Hbond substituents is 1. The van der Waals surface area contributed by atoms with E-state index in [1.807, 2.05) is 30.3 Å². The molecule has 1 heterocycles. The van der Waals surface area contributed by atoms with Crippen molar-refractivity contribution in [1.29, 1.82) is 0 Å². The molecule has 6 nitrogen and oxygen atoms in total. The third-order valence-electron chi connectivity index (χ3n) is 3.13. The number of phenols is 1. The molecule has 0 aliphatic heterocycles. The number of aromatic nitrogens is 2. The molecule has 0 bridgehead atoms. The maximum absolute atomic E-state index is 11.9. The number of benzene rings is 2. The fourth-order valence-corrected chi connectivity index (χ4v) is 2.26. The van der Waals surface area contributed by atoms with Gasteiger partial charge in [0.2, 0.25) is 5.82 Å². The molecule has 3 rings (SSSR count). The van der Waals surface area contributed by atoms with Gasteiger partial charge in [-0.25, -0.2) is 15.4 Å². The molecule has 0 atom stereocenters. The van der Waals surface area contributed by atoms with Gasteiger partial charge in [0.15, 0.2) is 0 Å². The number of hydrogen-bond donors (Lipinski definition) is 2. The Bertz CT molecular complexity index is 894. The lowest BCUT2D eigenvalue weighted by atomic mass is 10.0. The van der Waals surface area contributed by atoms with Crippen molar-refractivity contribution in [2.45, 2.75) is 0 Å². The Kier molecular flexibility index (Phi) is 4.29. The van der Waals surface area contributed by atoms with E-state index >= 15 is 0 Å². The van der Waals surface area contributed by atoms with E-state index < -0.39 is 5.91 Å². The van der Waals surface area contributed by atoms with Crippen molar-refractivity contribution in [1.82, 2.24) is 15.4 Å². The van der Waals surface area contributed by atoms with E-state index in [0.29, 0.717) is 10.0 Å². The molecule has 0 radical (unpaired) electrons. The maximum Gasteiger partial charge on any atom is 0.309 e. The molecule has 0 aliphatic rings. The Labute approximate surface area is 140 Å². The lowest BCUT2D eigenvalue weighted by molar-refractivity contribution is 0.0944. The van der Waals surface area contributed by atoms with Gasteiger partial charge in [-0.3, -0.25) is 4.79 Å². The number of carbonyl (C=O) groups excluding carboxylic acids is 1. The highest BCUT2D eigenvalue weighted by atomic mass is 79.9. The van der Waals surface area contributed by atoms with Gasteiger partial charge in [0.25, 0.3) is 0 Å². The van der Waals surface area contributed by atoms with Crippen LogP contribution < -0.4 is 5.43 Å². The van der Waals surface area contributed by atoms with Crippen LogP contribution in [0.25, 0.3) is 10.8 Å². The van der Waals surface area contributed by atoms with Gasteiger partial charge in [-0.05, 0) is 32.8 Å². The second-order valence-corrected chi connectivity index (χ2v) is 5.56. The first-order chi connectivity index (χ1) is 11.1. The highest BCUT2D eigenvalue weighted by Gasteiger charge is 2.08. The summed E-state index contributed by atoms with van der Waals surface area (Å²) in [5.41, 5.74) is 2.87. The Morgan fingerprint density at radius 1 is 1.17 bits per heavy atom. The van der Waals surface area contributed by atoms with E-state index in [1.165, 1.54) is 18.6 Å². The number of halogens is 1. The average molecular weight is 371 g/mol. The van der Waals surface area contributed by atoms with Crippen molar-refractivity contribution in [2.24, 2.45) is 5.10 Å². The molecule has 7 heteroatoms. The molecule has 0 fully saturated rings. The van der Waals surface area contributed by atoms with E-state index in [4.69, 9.17) is 0 Å². The van der Waals surface area contributed by atoms with E-state index in [0.717, 1.165) is 10.8 Å². The van der Waals surface area contributed by atoms with Gasteiger partial charge in [0.05, 0.1) is 10.7 Å². The number of amides is 1. The predicted molar refractivity (Wildman–Crippen MR) is 90.4 cm³/mol. The van der Waals surface area contributed by atoms with E-state index in [9.17, 15) is 9.90 Å². The summed E-state index contributed by atoms with van der Waals surface area (Å²) >= 11 is 3.19. The third kappa shape index (κ3) is 3.35. The summed E-state index contributed by atoms with van der Waals surface area (Å²) < 4.78 is 0.679. The number of carbonyl (C=O) groups is 1. The van der Waals surface area contributed by atoms with Crippen LogP contribution in [-0.2, 0) is 0 Å². The molecule has 23 heavy (non-hydrogen) atoms. The molecular formula is C16H11BrN4O2. The van der Waals surface area contributed by atoms with Gasteiger partial charge in [-0.2, -0.15) is 5.10 Å². The third-order valence-corrected chi connectivity index (χ3v) is 3.54. The number of rotatable bonds is 3. The van der Waals surface area contributed by atoms with Crippen LogP contribution in [0.15, 0.2) is 58.4 Å². The SMILES string of the molecule is O=C(N/N=C/c1c(O)ccc2ccccc12)c1ncc(Br)cn1. The number of fused-ring (bicyclic) bond motifs is 1. The molecule has 0 saturated carbocycles. The smallest absolute Gasteiger partial charge is 0.309 e. The molecule has 3 aromatic rings. The lowest BCUT2D eigenvalue weighted by Crippen LogP contribution is -2.20. The first kappa shape index (κ1) is 15.1. The minimum Gasteiger partial charge on any atom is -0.507 e. The van der Waals surface area contributed by atoms with Crippen molar-refractivity contribution in [2.75, 3.05) is 0 Å². The summed E-state index contributed by atoms with van der Waals surface area (Å²) in [4.78, 5) is 19.6. The van der Waals surface area contributed by atoms with Gasteiger partial charge < -0.3 is 5.11 Å². The molecule has 1 aromatic heterocycles. The Hall–Kier alpha value is -2.80. The molecule has 2 N–H and O–H groups in total. The molecule has 114 valence electrons. The van der Waals surface area contributed by atoms with E-state index in [1.54, 1.807) is 6.07 Å². The number of nitrogens with one attached hydrogen (secondary N) is 1. The molecule has 1 amide bonds. The Balaban J connectivity index is 1.82. The fourth-order valence-electron chi connectivity index (χ4n) is 2.05. The maximum atomic E-state index is 11.9. The lowest BCUT2D eigenvalue weighted by Gasteiger charge is -2.04. The molecule has 0 saturated heterocycles. The van der Waals surface area contributed by atoms with Crippen LogP contribution in [0.5, 0.6) is 5.75 Å². The van der Waals surface area contributed by atoms with Crippen LogP contribution in [0, 0.1) is 0 Å². The second kappa shape index (κ2) is 6.53. The summed E-state index contributed by atoms with van der Waals surface area (Å²) in [7, 11) is 0. The molecular weight excluding hydrogens is 360 g/mol. The Morgan fingerprint density at radius 2 is 1.91 bits per heavy atom. The van der Waals surface area contributed by atoms with Crippen molar-refractivity contribution in [3.63, 3.8) is 0 Å². The van der Waals surface area contributed by atoms with Crippen LogP contribution in [0.2, 0.25) is 0 Å². The highest BCUT2D eigenvalue weighted by molar-refractivity contribution is 9.10. The number of aromatic hydroxyl groups is 1.